The molecule has 0 radical (unpaired) electrons. The molecular weight excluding hydrogens is 407 g/mol. The fourth-order valence-electron chi connectivity index (χ4n) is 3.50. The van der Waals surface area contributed by atoms with Crippen molar-refractivity contribution in [3.8, 4) is 11.5 Å². The third-order valence-corrected chi connectivity index (χ3v) is 4.87. The van der Waals surface area contributed by atoms with Crippen LogP contribution in [-0.2, 0) is 6.61 Å². The molecule has 29 heavy (non-hydrogen) atoms. The summed E-state index contributed by atoms with van der Waals surface area (Å²) in [6.45, 7) is 11.3. The van der Waals surface area contributed by atoms with Gasteiger partial charge in [0.05, 0.1) is 6.61 Å². The summed E-state index contributed by atoms with van der Waals surface area (Å²) in [6, 6.07) is 16.9. The molecule has 1 atom stereocenters. The topological polar surface area (TPSA) is 33.7 Å². The molecule has 1 fully saturated rings. The zero-order valence-corrected chi connectivity index (χ0v) is 18.6. The van der Waals surface area contributed by atoms with Gasteiger partial charge in [0.1, 0.15) is 6.61 Å². The minimum Gasteiger partial charge on any atom is -0.490 e. The highest BCUT2D eigenvalue weighted by atomic mass is 35.5. The summed E-state index contributed by atoms with van der Waals surface area (Å²) < 4.78 is 11.9. The van der Waals surface area contributed by atoms with Crippen LogP contribution in [0.1, 0.15) is 30.5 Å². The van der Waals surface area contributed by atoms with E-state index in [0.29, 0.717) is 19.3 Å². The molecule has 3 rings (SSSR count). The van der Waals surface area contributed by atoms with Crippen LogP contribution in [0.25, 0.3) is 0 Å². The molecule has 0 aliphatic carbocycles. The number of nitrogens with zero attached hydrogens (tertiary/aromatic N) is 1. The average Bonchev–Trinajstić information content (AvgIpc) is 2.73. The number of rotatable bonds is 9. The van der Waals surface area contributed by atoms with Gasteiger partial charge in [-0.2, -0.15) is 0 Å². The number of hydrogen-bond donors (Lipinski definition) is 1. The van der Waals surface area contributed by atoms with E-state index in [2.05, 4.69) is 41.1 Å². The predicted octanol–water partition coefficient (Wildman–Crippen LogP) is 5.03. The SMILES string of the molecule is C=CC[C@H](c1ccc(OCc2ccccc2)c(OCC)c1)N1CCNCC1.Cl.Cl. The van der Waals surface area contributed by atoms with E-state index in [4.69, 9.17) is 9.47 Å². The Morgan fingerprint density at radius 2 is 1.76 bits per heavy atom. The van der Waals surface area contributed by atoms with E-state index in [1.54, 1.807) is 0 Å². The summed E-state index contributed by atoms with van der Waals surface area (Å²) in [6.07, 6.45) is 2.93. The third-order valence-electron chi connectivity index (χ3n) is 4.87. The molecule has 2 aromatic carbocycles. The van der Waals surface area contributed by atoms with Gasteiger partial charge in [0.15, 0.2) is 11.5 Å². The highest BCUT2D eigenvalue weighted by Gasteiger charge is 2.22. The van der Waals surface area contributed by atoms with Crippen molar-refractivity contribution in [3.05, 3.63) is 72.3 Å². The van der Waals surface area contributed by atoms with E-state index in [9.17, 15) is 0 Å². The lowest BCUT2D eigenvalue weighted by Crippen LogP contribution is -2.45. The molecule has 1 saturated heterocycles. The van der Waals surface area contributed by atoms with Crippen LogP contribution >= 0.6 is 24.8 Å². The van der Waals surface area contributed by atoms with E-state index in [-0.39, 0.29) is 24.8 Å². The molecule has 1 aliphatic rings. The molecule has 1 heterocycles. The largest absolute Gasteiger partial charge is 0.490 e. The first-order valence-corrected chi connectivity index (χ1v) is 9.81. The lowest BCUT2D eigenvalue weighted by molar-refractivity contribution is 0.174. The minimum atomic E-state index is 0. The normalized spacial score (nSPS) is 14.8. The Kier molecular flexibility index (Phi) is 11.8. The molecule has 4 nitrogen and oxygen atoms in total. The fraction of sp³-hybridized carbons (Fsp3) is 0.391. The maximum absolute atomic E-state index is 6.05. The minimum absolute atomic E-state index is 0. The lowest BCUT2D eigenvalue weighted by atomic mass is 10.0. The number of benzene rings is 2. The van der Waals surface area contributed by atoms with Crippen molar-refractivity contribution < 1.29 is 9.47 Å². The Hall–Kier alpha value is -1.72. The van der Waals surface area contributed by atoms with Crippen molar-refractivity contribution in [2.24, 2.45) is 0 Å². The van der Waals surface area contributed by atoms with Gasteiger partial charge in [-0.15, -0.1) is 31.4 Å². The van der Waals surface area contributed by atoms with Gasteiger partial charge in [-0.05, 0) is 36.6 Å². The van der Waals surface area contributed by atoms with E-state index in [1.165, 1.54) is 5.56 Å². The van der Waals surface area contributed by atoms with Crippen LogP contribution < -0.4 is 14.8 Å². The van der Waals surface area contributed by atoms with Gasteiger partial charge in [-0.3, -0.25) is 4.90 Å². The number of nitrogens with one attached hydrogen (secondary N) is 1. The highest BCUT2D eigenvalue weighted by Crippen LogP contribution is 2.34. The summed E-state index contributed by atoms with van der Waals surface area (Å²) in [7, 11) is 0. The van der Waals surface area contributed by atoms with Crippen LogP contribution in [0.2, 0.25) is 0 Å². The van der Waals surface area contributed by atoms with Gasteiger partial charge in [0.2, 0.25) is 0 Å². The molecule has 6 heteroatoms. The maximum Gasteiger partial charge on any atom is 0.161 e. The molecule has 1 N–H and O–H groups in total. The van der Waals surface area contributed by atoms with Crippen LogP contribution in [0.4, 0.5) is 0 Å². The Labute approximate surface area is 187 Å². The van der Waals surface area contributed by atoms with Crippen molar-refractivity contribution in [1.29, 1.82) is 0 Å². The summed E-state index contributed by atoms with van der Waals surface area (Å²) >= 11 is 0. The summed E-state index contributed by atoms with van der Waals surface area (Å²) in [5, 5.41) is 3.42. The Bertz CT molecular complexity index is 722. The predicted molar refractivity (Wildman–Crippen MR) is 125 cm³/mol. The van der Waals surface area contributed by atoms with Gasteiger partial charge in [0, 0.05) is 32.2 Å². The van der Waals surface area contributed by atoms with Crippen molar-refractivity contribution in [2.75, 3.05) is 32.8 Å². The van der Waals surface area contributed by atoms with Crippen LogP contribution in [0.15, 0.2) is 61.2 Å². The smallest absolute Gasteiger partial charge is 0.161 e. The molecule has 0 saturated carbocycles. The van der Waals surface area contributed by atoms with Gasteiger partial charge >= 0.3 is 0 Å². The molecule has 0 amide bonds. The second-order valence-corrected chi connectivity index (χ2v) is 6.74. The molecular formula is C23H32Cl2N2O2. The van der Waals surface area contributed by atoms with Crippen LogP contribution in [0, 0.1) is 0 Å². The first-order valence-electron chi connectivity index (χ1n) is 9.81. The lowest BCUT2D eigenvalue weighted by Gasteiger charge is -2.35. The first kappa shape index (κ1) is 25.3. The molecule has 2 aromatic rings. The standard InChI is InChI=1S/C23H30N2O2.2ClH/c1-3-8-21(25-15-13-24-14-16-25)20-11-12-22(23(17-20)26-4-2)27-18-19-9-6-5-7-10-19;;/h3,5-7,9-12,17,21,24H,1,4,8,13-16,18H2,2H3;2*1H/t21-;;/m1../s1. The van der Waals surface area contributed by atoms with Gasteiger partial charge in [-0.25, -0.2) is 0 Å². The van der Waals surface area contributed by atoms with Crippen molar-refractivity contribution in [2.45, 2.75) is 26.0 Å². The van der Waals surface area contributed by atoms with Crippen LogP contribution in [0.3, 0.4) is 0 Å². The number of piperazine rings is 1. The zero-order chi connectivity index (χ0) is 18.9. The highest BCUT2D eigenvalue weighted by molar-refractivity contribution is 5.85. The summed E-state index contributed by atoms with van der Waals surface area (Å²) in [4.78, 5) is 2.52. The molecule has 0 unspecified atom stereocenters. The quantitative estimate of drug-likeness (QED) is 0.556. The molecule has 0 spiro atoms. The zero-order valence-electron chi connectivity index (χ0n) is 17.0. The number of hydrogen-bond acceptors (Lipinski definition) is 4. The average molecular weight is 439 g/mol. The second-order valence-electron chi connectivity index (χ2n) is 6.74. The maximum atomic E-state index is 6.05. The van der Waals surface area contributed by atoms with Crippen molar-refractivity contribution in [1.82, 2.24) is 10.2 Å². The molecule has 0 aromatic heterocycles. The summed E-state index contributed by atoms with van der Waals surface area (Å²) in [5.74, 6) is 1.61. The van der Waals surface area contributed by atoms with E-state index < -0.39 is 0 Å². The molecule has 1 aliphatic heterocycles. The molecule has 0 bridgehead atoms. The monoisotopic (exact) mass is 438 g/mol. The number of halogens is 2. The first-order chi connectivity index (χ1) is 13.3. The molecule has 160 valence electrons. The van der Waals surface area contributed by atoms with Crippen molar-refractivity contribution in [3.63, 3.8) is 0 Å². The van der Waals surface area contributed by atoms with Gasteiger partial charge < -0.3 is 14.8 Å². The Morgan fingerprint density at radius 3 is 2.41 bits per heavy atom. The van der Waals surface area contributed by atoms with E-state index >= 15 is 0 Å². The summed E-state index contributed by atoms with van der Waals surface area (Å²) in [5.41, 5.74) is 2.40. The van der Waals surface area contributed by atoms with E-state index in [1.807, 2.05) is 37.3 Å². The van der Waals surface area contributed by atoms with Crippen molar-refractivity contribution >= 4 is 24.8 Å². The second kappa shape index (κ2) is 13.5. The Morgan fingerprint density at radius 1 is 1.03 bits per heavy atom. The van der Waals surface area contributed by atoms with Crippen LogP contribution in [0.5, 0.6) is 11.5 Å². The number of ether oxygens (including phenoxy) is 2. The van der Waals surface area contributed by atoms with E-state index in [0.717, 1.165) is 49.7 Å². The van der Waals surface area contributed by atoms with Gasteiger partial charge in [0.25, 0.3) is 0 Å². The van der Waals surface area contributed by atoms with Crippen LogP contribution in [-0.4, -0.2) is 37.7 Å². The fourth-order valence-corrected chi connectivity index (χ4v) is 3.50. The third kappa shape index (κ3) is 7.23. The van der Waals surface area contributed by atoms with Gasteiger partial charge in [-0.1, -0.05) is 42.5 Å². The Balaban J connectivity index is 0.00000210.